The van der Waals surface area contributed by atoms with Gasteiger partial charge in [0.25, 0.3) is 11.8 Å². The molecule has 3 aromatic heterocycles. The molecule has 2 aliphatic heterocycles. The van der Waals surface area contributed by atoms with Crippen molar-refractivity contribution in [3.05, 3.63) is 59.1 Å². The van der Waals surface area contributed by atoms with E-state index in [9.17, 15) is 14.7 Å². The highest BCUT2D eigenvalue weighted by Crippen LogP contribution is 2.40. The minimum Gasteiger partial charge on any atom is -0.460 e. The van der Waals surface area contributed by atoms with Gasteiger partial charge in [-0.25, -0.2) is 4.52 Å². The van der Waals surface area contributed by atoms with Gasteiger partial charge in [0.2, 0.25) is 0 Å². The van der Waals surface area contributed by atoms with Crippen LogP contribution in [0.3, 0.4) is 0 Å². The van der Waals surface area contributed by atoms with Crippen LogP contribution in [-0.4, -0.2) is 56.7 Å². The number of aliphatic hydroxyl groups is 1. The van der Waals surface area contributed by atoms with Crippen molar-refractivity contribution in [2.75, 3.05) is 7.05 Å². The van der Waals surface area contributed by atoms with E-state index in [2.05, 4.69) is 10.4 Å². The summed E-state index contributed by atoms with van der Waals surface area (Å²) in [6.07, 6.45) is 5.33. The summed E-state index contributed by atoms with van der Waals surface area (Å²) < 4.78 is 13.7. The Morgan fingerprint density at radius 1 is 1.23 bits per heavy atom. The van der Waals surface area contributed by atoms with Gasteiger partial charge in [0.1, 0.15) is 22.6 Å². The summed E-state index contributed by atoms with van der Waals surface area (Å²) in [5, 5.41) is 18.0. The lowest BCUT2D eigenvalue weighted by Crippen LogP contribution is -2.37. The van der Waals surface area contributed by atoms with E-state index in [1.54, 1.807) is 55.1 Å². The Labute approximate surface area is 201 Å². The van der Waals surface area contributed by atoms with E-state index in [1.165, 1.54) is 0 Å². The van der Waals surface area contributed by atoms with Crippen molar-refractivity contribution in [1.29, 1.82) is 0 Å². The third-order valence-electron chi connectivity index (χ3n) is 7.38. The molecule has 6 rings (SSSR count). The Morgan fingerprint density at radius 2 is 2.06 bits per heavy atom. The number of aromatic nitrogens is 2. The zero-order chi connectivity index (χ0) is 24.4. The second kappa shape index (κ2) is 7.84. The summed E-state index contributed by atoms with van der Waals surface area (Å²) in [5.74, 6) is 1.35. The number of amides is 2. The van der Waals surface area contributed by atoms with Crippen molar-refractivity contribution < 1.29 is 23.8 Å². The lowest BCUT2D eigenvalue weighted by molar-refractivity contribution is 0.0664. The number of aliphatic hydroxyl groups excluding tert-OH is 1. The zero-order valence-corrected chi connectivity index (χ0v) is 19.7. The van der Waals surface area contributed by atoms with Gasteiger partial charge in [-0.15, -0.1) is 0 Å². The number of carbonyl (C=O) groups excluding carboxylic acids is 2. The Balaban J connectivity index is 1.36. The zero-order valence-electron chi connectivity index (χ0n) is 19.7. The van der Waals surface area contributed by atoms with Crippen molar-refractivity contribution in [2.45, 2.75) is 51.3 Å². The second-order valence-electron chi connectivity index (χ2n) is 9.34. The van der Waals surface area contributed by atoms with Crippen molar-refractivity contribution in [3.63, 3.8) is 0 Å². The number of hydrogen-bond acceptors (Lipinski definition) is 6. The minimum absolute atomic E-state index is 0.0720. The quantitative estimate of drug-likeness (QED) is 0.468. The summed E-state index contributed by atoms with van der Waals surface area (Å²) in [5.41, 5.74) is 3.09. The lowest BCUT2D eigenvalue weighted by Gasteiger charge is -2.22. The lowest BCUT2D eigenvalue weighted by atomic mass is 9.98. The molecule has 35 heavy (non-hydrogen) atoms. The SMILES string of the molecule is CNC(=O)c1c(C)oc2cc(Oc3ccnn4cc(C(=O)N5[C@@H]6CC[C@H]5[C@@H](O)C6)c(C)c34)ccc12. The largest absolute Gasteiger partial charge is 0.460 e. The van der Waals surface area contributed by atoms with E-state index in [0.29, 0.717) is 51.3 Å². The molecule has 180 valence electrons. The summed E-state index contributed by atoms with van der Waals surface area (Å²) in [6.45, 7) is 3.64. The Kier molecular flexibility index (Phi) is 4.86. The first-order chi connectivity index (χ1) is 16.9. The Morgan fingerprint density at radius 3 is 2.77 bits per heavy atom. The molecule has 2 N–H and O–H groups in total. The third-order valence-corrected chi connectivity index (χ3v) is 7.38. The minimum atomic E-state index is -0.448. The fraction of sp³-hybridized carbons (Fsp3) is 0.346. The van der Waals surface area contributed by atoms with Gasteiger partial charge in [0, 0.05) is 36.8 Å². The van der Waals surface area contributed by atoms with Crippen molar-refractivity contribution in [3.8, 4) is 11.5 Å². The van der Waals surface area contributed by atoms with Crippen LogP contribution in [0.2, 0.25) is 0 Å². The number of benzene rings is 1. The molecule has 2 amide bonds. The summed E-state index contributed by atoms with van der Waals surface area (Å²) in [6, 6.07) is 7.08. The number of hydrogen-bond donors (Lipinski definition) is 2. The monoisotopic (exact) mass is 474 g/mol. The molecule has 4 aromatic rings. The fourth-order valence-electron chi connectivity index (χ4n) is 5.73. The van der Waals surface area contributed by atoms with Crippen LogP contribution in [0.4, 0.5) is 0 Å². The van der Waals surface area contributed by atoms with Crippen molar-refractivity contribution in [1.82, 2.24) is 19.8 Å². The standard InChI is InChI=1S/C26H26N4O5/c1-13-18(26(33)30-15-4-7-19(30)20(31)10-15)12-29-24(13)21(8-9-28-29)35-16-5-6-17-22(11-16)34-14(2)23(17)25(32)27-3/h5-6,8-9,11-12,15,19-20,31H,4,7,10H2,1-3H3,(H,27,32)/t15-,19+,20+/m1/s1. The van der Waals surface area contributed by atoms with Crippen molar-refractivity contribution >= 4 is 28.3 Å². The van der Waals surface area contributed by atoms with Gasteiger partial charge in [0.05, 0.1) is 29.5 Å². The molecule has 0 unspecified atom stereocenters. The summed E-state index contributed by atoms with van der Waals surface area (Å²) >= 11 is 0. The van der Waals surface area contributed by atoms with E-state index in [1.807, 2.05) is 11.8 Å². The van der Waals surface area contributed by atoms with E-state index in [4.69, 9.17) is 9.15 Å². The molecule has 1 aromatic carbocycles. The Bertz CT molecular complexity index is 1500. The van der Waals surface area contributed by atoms with Crippen LogP contribution in [0.25, 0.3) is 16.5 Å². The van der Waals surface area contributed by atoms with Gasteiger partial charge in [-0.3, -0.25) is 9.59 Å². The number of fused-ring (bicyclic) bond motifs is 4. The second-order valence-corrected chi connectivity index (χ2v) is 9.34. The first-order valence-corrected chi connectivity index (χ1v) is 11.8. The molecule has 0 aliphatic carbocycles. The van der Waals surface area contributed by atoms with Gasteiger partial charge in [0.15, 0.2) is 5.75 Å². The maximum atomic E-state index is 13.5. The van der Waals surface area contributed by atoms with Crippen molar-refractivity contribution in [2.24, 2.45) is 0 Å². The van der Waals surface area contributed by atoms with Gasteiger partial charge in [-0.2, -0.15) is 5.10 Å². The summed E-state index contributed by atoms with van der Waals surface area (Å²) in [7, 11) is 1.59. The molecule has 9 heteroatoms. The van der Waals surface area contributed by atoms with Crippen LogP contribution in [0.1, 0.15) is 51.3 Å². The van der Waals surface area contributed by atoms with E-state index < -0.39 is 6.10 Å². The number of nitrogens with zero attached hydrogens (tertiary/aromatic N) is 3. The molecule has 2 bridgehead atoms. The fourth-order valence-corrected chi connectivity index (χ4v) is 5.73. The normalized spacial score (nSPS) is 21.3. The molecular weight excluding hydrogens is 448 g/mol. The maximum Gasteiger partial charge on any atom is 0.256 e. The van der Waals surface area contributed by atoms with Gasteiger partial charge >= 0.3 is 0 Å². The molecule has 2 fully saturated rings. The molecule has 0 radical (unpaired) electrons. The summed E-state index contributed by atoms with van der Waals surface area (Å²) in [4.78, 5) is 27.5. The molecule has 5 heterocycles. The molecular formula is C26H26N4O5. The van der Waals surface area contributed by atoms with Gasteiger partial charge in [-0.1, -0.05) is 0 Å². The van der Waals surface area contributed by atoms with E-state index in [0.717, 1.165) is 18.4 Å². The molecule has 0 spiro atoms. The van der Waals surface area contributed by atoms with E-state index >= 15 is 0 Å². The third kappa shape index (κ3) is 3.22. The highest BCUT2D eigenvalue weighted by Gasteiger charge is 2.48. The number of ether oxygens (including phenoxy) is 1. The van der Waals surface area contributed by atoms with Crippen LogP contribution in [0.5, 0.6) is 11.5 Å². The molecule has 9 nitrogen and oxygen atoms in total. The van der Waals surface area contributed by atoms with Crippen LogP contribution >= 0.6 is 0 Å². The van der Waals surface area contributed by atoms with Crippen LogP contribution < -0.4 is 10.1 Å². The number of rotatable bonds is 4. The highest BCUT2D eigenvalue weighted by atomic mass is 16.5. The smallest absolute Gasteiger partial charge is 0.256 e. The number of aryl methyl sites for hydroxylation is 2. The topological polar surface area (TPSA) is 109 Å². The highest BCUT2D eigenvalue weighted by molar-refractivity contribution is 6.07. The average molecular weight is 475 g/mol. The molecule has 2 saturated heterocycles. The number of furan rings is 1. The molecule has 2 aliphatic rings. The van der Waals surface area contributed by atoms with Gasteiger partial charge in [-0.05, 0) is 50.8 Å². The van der Waals surface area contributed by atoms with Gasteiger partial charge < -0.3 is 24.5 Å². The van der Waals surface area contributed by atoms with E-state index in [-0.39, 0.29) is 23.9 Å². The predicted molar refractivity (Wildman–Crippen MR) is 128 cm³/mol. The molecule has 3 atom stereocenters. The first-order valence-electron chi connectivity index (χ1n) is 11.8. The maximum absolute atomic E-state index is 13.5. The molecule has 0 saturated carbocycles. The number of nitrogens with one attached hydrogen (secondary N) is 1. The van der Waals surface area contributed by atoms with Crippen LogP contribution in [-0.2, 0) is 0 Å². The number of carbonyl (C=O) groups is 2. The van der Waals surface area contributed by atoms with Crippen LogP contribution in [0, 0.1) is 13.8 Å². The first kappa shape index (κ1) is 21.7. The predicted octanol–water partition coefficient (Wildman–Crippen LogP) is 3.59. The Hall–Kier alpha value is -3.85. The van der Waals surface area contributed by atoms with Crippen LogP contribution in [0.15, 0.2) is 41.1 Å². The average Bonchev–Trinajstić information content (AvgIpc) is 3.57.